The third-order valence-electron chi connectivity index (χ3n) is 2.66. The van der Waals surface area contributed by atoms with Gasteiger partial charge in [0.15, 0.2) is 5.82 Å². The molecule has 94 valence electrons. The van der Waals surface area contributed by atoms with Gasteiger partial charge in [-0.05, 0) is 6.42 Å². The van der Waals surface area contributed by atoms with Crippen molar-refractivity contribution >= 4 is 10.1 Å². The van der Waals surface area contributed by atoms with Crippen LogP contribution in [0.1, 0.15) is 18.2 Å². The van der Waals surface area contributed by atoms with E-state index in [9.17, 15) is 12.8 Å². The van der Waals surface area contributed by atoms with E-state index in [2.05, 4.69) is 9.97 Å². The standard InChI is InChI=1S/C9H11FN2O4S/c10-6-3-11-9(12-4-6)7-1-2-16-5-8(7)17(13,14)15/h3-4,7-8H,1-2,5H2,(H,13,14,15)/t7-,8-/m1/s1. The molecule has 1 aliphatic heterocycles. The van der Waals surface area contributed by atoms with Crippen LogP contribution in [0.25, 0.3) is 0 Å². The van der Waals surface area contributed by atoms with Crippen LogP contribution in [-0.4, -0.2) is 41.4 Å². The number of rotatable bonds is 2. The van der Waals surface area contributed by atoms with Gasteiger partial charge >= 0.3 is 0 Å². The Kier molecular flexibility index (Phi) is 3.36. The second-order valence-corrected chi connectivity index (χ2v) is 5.42. The first-order valence-electron chi connectivity index (χ1n) is 5.00. The fraction of sp³-hybridized carbons (Fsp3) is 0.556. The molecule has 2 rings (SSSR count). The third kappa shape index (κ3) is 2.76. The molecule has 0 aliphatic carbocycles. The van der Waals surface area contributed by atoms with E-state index in [0.717, 1.165) is 12.4 Å². The van der Waals surface area contributed by atoms with Gasteiger partial charge < -0.3 is 4.74 Å². The Hall–Kier alpha value is -1.12. The molecule has 1 N–H and O–H groups in total. The number of hydrogen-bond donors (Lipinski definition) is 1. The molecule has 1 aliphatic rings. The van der Waals surface area contributed by atoms with Gasteiger partial charge in [-0.1, -0.05) is 0 Å². The van der Waals surface area contributed by atoms with E-state index in [1.165, 1.54) is 0 Å². The molecule has 0 bridgehead atoms. The fourth-order valence-electron chi connectivity index (χ4n) is 1.81. The molecule has 1 fully saturated rings. The molecule has 1 aromatic heterocycles. The van der Waals surface area contributed by atoms with Gasteiger partial charge in [-0.25, -0.2) is 14.4 Å². The molecule has 2 atom stereocenters. The average Bonchev–Trinajstić information content (AvgIpc) is 2.29. The largest absolute Gasteiger partial charge is 0.380 e. The van der Waals surface area contributed by atoms with Crippen molar-refractivity contribution in [1.29, 1.82) is 0 Å². The molecule has 0 radical (unpaired) electrons. The molecule has 8 heteroatoms. The molecule has 1 aromatic rings. The molecule has 0 saturated carbocycles. The maximum Gasteiger partial charge on any atom is 0.270 e. The van der Waals surface area contributed by atoms with E-state index in [1.54, 1.807) is 0 Å². The zero-order valence-corrected chi connectivity index (χ0v) is 9.60. The Morgan fingerprint density at radius 2 is 2.06 bits per heavy atom. The van der Waals surface area contributed by atoms with Gasteiger partial charge in [-0.2, -0.15) is 8.42 Å². The van der Waals surface area contributed by atoms with Crippen LogP contribution >= 0.6 is 0 Å². The second-order valence-electron chi connectivity index (χ2n) is 3.78. The first-order valence-corrected chi connectivity index (χ1v) is 6.50. The lowest BCUT2D eigenvalue weighted by Gasteiger charge is -2.27. The lowest BCUT2D eigenvalue weighted by atomic mass is 9.99. The molecule has 0 spiro atoms. The fourth-order valence-corrected chi connectivity index (χ4v) is 2.76. The highest BCUT2D eigenvalue weighted by molar-refractivity contribution is 7.86. The minimum absolute atomic E-state index is 0.107. The van der Waals surface area contributed by atoms with Crippen LogP contribution in [0.2, 0.25) is 0 Å². The van der Waals surface area contributed by atoms with Crippen molar-refractivity contribution in [3.05, 3.63) is 24.0 Å². The van der Waals surface area contributed by atoms with Gasteiger partial charge in [-0.15, -0.1) is 0 Å². The summed E-state index contributed by atoms with van der Waals surface area (Å²) >= 11 is 0. The van der Waals surface area contributed by atoms with Gasteiger partial charge in [-0.3, -0.25) is 4.55 Å². The Morgan fingerprint density at radius 3 is 2.65 bits per heavy atom. The van der Waals surface area contributed by atoms with Crippen molar-refractivity contribution < 1.29 is 22.1 Å². The van der Waals surface area contributed by atoms with Crippen molar-refractivity contribution in [3.63, 3.8) is 0 Å². The Morgan fingerprint density at radius 1 is 1.41 bits per heavy atom. The molecule has 0 aromatic carbocycles. The molecular formula is C9H11FN2O4S. The van der Waals surface area contributed by atoms with E-state index in [4.69, 9.17) is 9.29 Å². The topological polar surface area (TPSA) is 89.4 Å². The van der Waals surface area contributed by atoms with Crippen molar-refractivity contribution in [2.24, 2.45) is 0 Å². The van der Waals surface area contributed by atoms with Crippen LogP contribution in [0.15, 0.2) is 12.4 Å². The smallest absolute Gasteiger partial charge is 0.270 e. The number of halogens is 1. The average molecular weight is 262 g/mol. The van der Waals surface area contributed by atoms with E-state index in [0.29, 0.717) is 13.0 Å². The third-order valence-corrected chi connectivity index (χ3v) is 3.89. The molecule has 1 saturated heterocycles. The molecule has 0 amide bonds. The highest BCUT2D eigenvalue weighted by Gasteiger charge is 2.37. The number of nitrogens with zero attached hydrogens (tertiary/aromatic N) is 2. The van der Waals surface area contributed by atoms with Gasteiger partial charge in [0.2, 0.25) is 0 Å². The van der Waals surface area contributed by atoms with E-state index < -0.39 is 27.1 Å². The summed E-state index contributed by atoms with van der Waals surface area (Å²) in [6.45, 7) is 0.252. The second kappa shape index (κ2) is 4.63. The predicted octanol–water partition coefficient (Wildman–Crippen LogP) is 0.376. The normalized spacial score (nSPS) is 25.8. The minimum Gasteiger partial charge on any atom is -0.380 e. The first kappa shape index (κ1) is 12.3. The zero-order chi connectivity index (χ0) is 12.5. The highest BCUT2D eigenvalue weighted by atomic mass is 32.2. The first-order chi connectivity index (χ1) is 7.98. The molecular weight excluding hydrogens is 251 g/mol. The maximum absolute atomic E-state index is 12.7. The summed E-state index contributed by atoms with van der Waals surface area (Å²) in [6, 6.07) is 0. The quantitative estimate of drug-likeness (QED) is 0.775. The highest BCUT2D eigenvalue weighted by Crippen LogP contribution is 2.28. The van der Waals surface area contributed by atoms with Crippen molar-refractivity contribution in [2.45, 2.75) is 17.6 Å². The van der Waals surface area contributed by atoms with Gasteiger partial charge in [0.1, 0.15) is 11.1 Å². The van der Waals surface area contributed by atoms with Crippen LogP contribution in [-0.2, 0) is 14.9 Å². The van der Waals surface area contributed by atoms with Gasteiger partial charge in [0.05, 0.1) is 19.0 Å². The van der Waals surface area contributed by atoms with Crippen molar-refractivity contribution in [1.82, 2.24) is 9.97 Å². The van der Waals surface area contributed by atoms with Crippen LogP contribution in [0.3, 0.4) is 0 Å². The van der Waals surface area contributed by atoms with Gasteiger partial charge in [0.25, 0.3) is 10.1 Å². The Labute approximate surface area is 97.6 Å². The van der Waals surface area contributed by atoms with Crippen molar-refractivity contribution in [2.75, 3.05) is 13.2 Å². The van der Waals surface area contributed by atoms with Crippen LogP contribution in [0.5, 0.6) is 0 Å². The lowest BCUT2D eigenvalue weighted by Crippen LogP contribution is -2.38. The number of hydrogen-bond acceptors (Lipinski definition) is 5. The molecule has 0 unspecified atom stereocenters. The van der Waals surface area contributed by atoms with E-state index >= 15 is 0 Å². The monoisotopic (exact) mass is 262 g/mol. The van der Waals surface area contributed by atoms with Crippen LogP contribution < -0.4 is 0 Å². The SMILES string of the molecule is O=S(=O)(O)[C@@H]1COCC[C@H]1c1ncc(F)cn1. The zero-order valence-electron chi connectivity index (χ0n) is 8.78. The van der Waals surface area contributed by atoms with E-state index in [-0.39, 0.29) is 12.4 Å². The summed E-state index contributed by atoms with van der Waals surface area (Å²) in [4.78, 5) is 7.50. The summed E-state index contributed by atoms with van der Waals surface area (Å²) in [6.07, 6.45) is 2.31. The minimum atomic E-state index is -4.23. The Bertz CT molecular complexity index is 490. The number of aromatic nitrogens is 2. The summed E-state index contributed by atoms with van der Waals surface area (Å²) in [5.41, 5.74) is 0. The molecule has 2 heterocycles. The van der Waals surface area contributed by atoms with Crippen molar-refractivity contribution in [3.8, 4) is 0 Å². The predicted molar refractivity (Wildman–Crippen MR) is 55.5 cm³/mol. The summed E-state index contributed by atoms with van der Waals surface area (Å²) < 4.78 is 49.1. The van der Waals surface area contributed by atoms with Crippen LogP contribution in [0, 0.1) is 5.82 Å². The molecule has 17 heavy (non-hydrogen) atoms. The summed E-state index contributed by atoms with van der Waals surface area (Å²) in [5, 5.41) is -1.10. The summed E-state index contributed by atoms with van der Waals surface area (Å²) in [7, 11) is -4.23. The van der Waals surface area contributed by atoms with Gasteiger partial charge in [0, 0.05) is 12.5 Å². The Balaban J connectivity index is 2.31. The maximum atomic E-state index is 12.7. The number of ether oxygens (including phenoxy) is 1. The molecule has 6 nitrogen and oxygen atoms in total. The van der Waals surface area contributed by atoms with Crippen LogP contribution in [0.4, 0.5) is 4.39 Å². The summed E-state index contributed by atoms with van der Waals surface area (Å²) in [5.74, 6) is -0.958. The lowest BCUT2D eigenvalue weighted by molar-refractivity contribution is 0.0840. The van der Waals surface area contributed by atoms with E-state index in [1.807, 2.05) is 0 Å².